The third-order valence-corrected chi connectivity index (χ3v) is 6.11. The number of aromatic nitrogens is 1. The van der Waals surface area contributed by atoms with E-state index in [-0.39, 0.29) is 11.7 Å². The highest BCUT2D eigenvalue weighted by Crippen LogP contribution is 2.29. The number of nitrogens with zero attached hydrogens (tertiary/aromatic N) is 2. The summed E-state index contributed by atoms with van der Waals surface area (Å²) in [4.78, 5) is 16.6. The largest absolute Gasteiger partial charge is 0.493 e. The third kappa shape index (κ3) is 6.22. The molecule has 0 atom stereocenters. The Labute approximate surface area is 188 Å². The Morgan fingerprint density at radius 3 is 2.80 bits per heavy atom. The summed E-state index contributed by atoms with van der Waals surface area (Å²) in [7, 11) is 1.59. The van der Waals surface area contributed by atoms with Gasteiger partial charge in [-0.1, -0.05) is 35.5 Å². The first kappa shape index (κ1) is 22.1. The number of rotatable bonds is 9. The van der Waals surface area contributed by atoms with Crippen LogP contribution in [0.2, 0.25) is 5.02 Å². The van der Waals surface area contributed by atoms with Gasteiger partial charge in [0.1, 0.15) is 0 Å². The number of amides is 1. The maximum atomic E-state index is 12.1. The van der Waals surface area contributed by atoms with Crippen LogP contribution >= 0.6 is 34.7 Å². The Balaban J connectivity index is 1.50. The second-order valence-corrected chi connectivity index (χ2v) is 8.45. The first-order valence-corrected chi connectivity index (χ1v) is 11.3. The number of benzene rings is 2. The van der Waals surface area contributed by atoms with Crippen molar-refractivity contribution in [1.29, 1.82) is 0 Å². The summed E-state index contributed by atoms with van der Waals surface area (Å²) in [6.07, 6.45) is 1.56. The molecule has 0 radical (unpaired) electrons. The molecule has 3 rings (SSSR count). The van der Waals surface area contributed by atoms with E-state index in [0.717, 1.165) is 21.2 Å². The smallest absolute Gasteiger partial charge is 0.250 e. The lowest BCUT2D eigenvalue weighted by atomic mass is 10.2. The minimum atomic E-state index is -0.210. The molecule has 2 aromatic carbocycles. The van der Waals surface area contributed by atoms with Crippen LogP contribution in [0.1, 0.15) is 12.5 Å². The molecule has 0 aliphatic carbocycles. The van der Waals surface area contributed by atoms with Crippen molar-refractivity contribution in [2.75, 3.05) is 19.5 Å². The fourth-order valence-electron chi connectivity index (χ4n) is 2.46. The molecule has 0 fully saturated rings. The normalized spacial score (nSPS) is 10.9. The van der Waals surface area contributed by atoms with Crippen molar-refractivity contribution in [1.82, 2.24) is 10.4 Å². The van der Waals surface area contributed by atoms with E-state index in [1.165, 1.54) is 23.1 Å². The van der Waals surface area contributed by atoms with E-state index in [1.807, 2.05) is 42.6 Å². The molecule has 1 amide bonds. The SMILES string of the molecule is CCOc1cc(/C=N/NC(=O)CSc2nc(-c3ccc(Cl)cc3)cs2)ccc1OC. The number of nitrogens with one attached hydrogen (secondary N) is 1. The van der Waals surface area contributed by atoms with Gasteiger partial charge in [-0.3, -0.25) is 4.79 Å². The molecule has 1 aromatic heterocycles. The summed E-state index contributed by atoms with van der Waals surface area (Å²) in [5, 5.41) is 6.65. The van der Waals surface area contributed by atoms with E-state index in [9.17, 15) is 4.79 Å². The van der Waals surface area contributed by atoms with Gasteiger partial charge in [0, 0.05) is 16.0 Å². The molecular weight excluding hydrogens is 442 g/mol. The Kier molecular flexibility index (Phi) is 8.12. The van der Waals surface area contributed by atoms with Crippen molar-refractivity contribution in [2.45, 2.75) is 11.3 Å². The standard InChI is InChI=1S/C21H20ClN3O3S2/c1-3-28-19-10-14(4-9-18(19)27-2)11-23-25-20(26)13-30-21-24-17(12-29-21)15-5-7-16(22)8-6-15/h4-12H,3,13H2,1-2H3,(H,25,26)/b23-11+. The van der Waals surface area contributed by atoms with Gasteiger partial charge >= 0.3 is 0 Å². The molecular formula is C21H20ClN3O3S2. The van der Waals surface area contributed by atoms with Crippen molar-refractivity contribution in [2.24, 2.45) is 5.10 Å². The van der Waals surface area contributed by atoms with Gasteiger partial charge in [-0.2, -0.15) is 5.10 Å². The van der Waals surface area contributed by atoms with Crippen molar-refractivity contribution in [3.63, 3.8) is 0 Å². The zero-order valence-corrected chi connectivity index (χ0v) is 18.8. The number of carbonyl (C=O) groups is 1. The lowest BCUT2D eigenvalue weighted by molar-refractivity contribution is -0.118. The number of halogens is 1. The van der Waals surface area contributed by atoms with Crippen LogP contribution in [0.15, 0.2) is 57.3 Å². The Hall–Kier alpha value is -2.55. The maximum absolute atomic E-state index is 12.1. The molecule has 9 heteroatoms. The molecule has 156 valence electrons. The predicted octanol–water partition coefficient (Wildman–Crippen LogP) is 5.11. The summed E-state index contributed by atoms with van der Waals surface area (Å²) in [5.74, 6) is 1.29. The van der Waals surface area contributed by atoms with Crippen LogP contribution in [-0.4, -0.2) is 36.6 Å². The van der Waals surface area contributed by atoms with Crippen LogP contribution in [0.5, 0.6) is 11.5 Å². The van der Waals surface area contributed by atoms with E-state index < -0.39 is 0 Å². The highest BCUT2D eigenvalue weighted by molar-refractivity contribution is 8.01. The average molecular weight is 462 g/mol. The number of thioether (sulfide) groups is 1. The Morgan fingerprint density at radius 1 is 1.27 bits per heavy atom. The minimum Gasteiger partial charge on any atom is -0.493 e. The molecule has 0 aliphatic rings. The molecule has 1 heterocycles. The number of hydrogen-bond acceptors (Lipinski definition) is 7. The van der Waals surface area contributed by atoms with Gasteiger partial charge in [0.05, 0.1) is 31.4 Å². The quantitative estimate of drug-likeness (QED) is 0.272. The van der Waals surface area contributed by atoms with Crippen LogP contribution in [0.4, 0.5) is 0 Å². The summed E-state index contributed by atoms with van der Waals surface area (Å²) in [5.41, 5.74) is 5.17. The van der Waals surface area contributed by atoms with E-state index in [4.69, 9.17) is 21.1 Å². The van der Waals surface area contributed by atoms with Crippen LogP contribution < -0.4 is 14.9 Å². The zero-order chi connectivity index (χ0) is 21.3. The van der Waals surface area contributed by atoms with E-state index in [2.05, 4.69) is 15.5 Å². The summed E-state index contributed by atoms with van der Waals surface area (Å²) in [6, 6.07) is 12.9. The predicted molar refractivity (Wildman–Crippen MR) is 123 cm³/mol. The molecule has 0 saturated carbocycles. The Bertz CT molecular complexity index is 1020. The number of carbonyl (C=O) groups excluding carboxylic acids is 1. The molecule has 1 N–H and O–H groups in total. The average Bonchev–Trinajstić information content (AvgIpc) is 3.22. The van der Waals surface area contributed by atoms with Gasteiger partial charge in [-0.15, -0.1) is 11.3 Å². The van der Waals surface area contributed by atoms with Gasteiger partial charge in [0.2, 0.25) is 0 Å². The van der Waals surface area contributed by atoms with Crippen LogP contribution in [0, 0.1) is 0 Å². The van der Waals surface area contributed by atoms with Gasteiger partial charge < -0.3 is 9.47 Å². The molecule has 0 aliphatic heterocycles. The number of hydrazone groups is 1. The number of thiazole rings is 1. The number of ether oxygens (including phenoxy) is 2. The van der Waals surface area contributed by atoms with Gasteiger partial charge in [-0.05, 0) is 42.8 Å². The first-order chi connectivity index (χ1) is 14.6. The topological polar surface area (TPSA) is 72.8 Å². The molecule has 30 heavy (non-hydrogen) atoms. The van der Waals surface area contributed by atoms with Crippen molar-refractivity contribution in [3.05, 3.63) is 58.4 Å². The lowest BCUT2D eigenvalue weighted by Crippen LogP contribution is -2.19. The van der Waals surface area contributed by atoms with Gasteiger partial charge in [0.25, 0.3) is 5.91 Å². The maximum Gasteiger partial charge on any atom is 0.250 e. The van der Waals surface area contributed by atoms with E-state index in [1.54, 1.807) is 25.5 Å². The highest BCUT2D eigenvalue weighted by atomic mass is 35.5. The molecule has 0 spiro atoms. The lowest BCUT2D eigenvalue weighted by Gasteiger charge is -2.09. The fourth-order valence-corrected chi connectivity index (χ4v) is 4.21. The first-order valence-electron chi connectivity index (χ1n) is 9.06. The monoisotopic (exact) mass is 461 g/mol. The number of methoxy groups -OCH3 is 1. The second-order valence-electron chi connectivity index (χ2n) is 5.93. The Morgan fingerprint density at radius 2 is 2.07 bits per heavy atom. The molecule has 3 aromatic rings. The van der Waals surface area contributed by atoms with Crippen LogP contribution in [-0.2, 0) is 4.79 Å². The van der Waals surface area contributed by atoms with Gasteiger partial charge in [-0.25, -0.2) is 10.4 Å². The summed E-state index contributed by atoms with van der Waals surface area (Å²) in [6.45, 7) is 2.43. The second kappa shape index (κ2) is 11.0. The zero-order valence-electron chi connectivity index (χ0n) is 16.4. The minimum absolute atomic E-state index is 0.210. The summed E-state index contributed by atoms with van der Waals surface area (Å²) < 4.78 is 11.6. The third-order valence-electron chi connectivity index (χ3n) is 3.84. The van der Waals surface area contributed by atoms with Crippen molar-refractivity contribution >= 4 is 46.8 Å². The van der Waals surface area contributed by atoms with Crippen LogP contribution in [0.3, 0.4) is 0 Å². The number of hydrogen-bond donors (Lipinski definition) is 1. The summed E-state index contributed by atoms with van der Waals surface area (Å²) >= 11 is 8.78. The molecule has 6 nitrogen and oxygen atoms in total. The van der Waals surface area contributed by atoms with E-state index >= 15 is 0 Å². The van der Waals surface area contributed by atoms with Gasteiger partial charge in [0.15, 0.2) is 15.8 Å². The van der Waals surface area contributed by atoms with Crippen LogP contribution in [0.25, 0.3) is 11.3 Å². The molecule has 0 unspecified atom stereocenters. The van der Waals surface area contributed by atoms with E-state index in [0.29, 0.717) is 23.1 Å². The van der Waals surface area contributed by atoms with Crippen molar-refractivity contribution in [3.8, 4) is 22.8 Å². The molecule has 0 saturated heterocycles. The highest BCUT2D eigenvalue weighted by Gasteiger charge is 2.08. The fraction of sp³-hybridized carbons (Fsp3) is 0.190. The molecule has 0 bridgehead atoms. The van der Waals surface area contributed by atoms with Crippen molar-refractivity contribution < 1.29 is 14.3 Å².